The van der Waals surface area contributed by atoms with Crippen LogP contribution in [0.4, 0.5) is 0 Å². The van der Waals surface area contributed by atoms with Crippen LogP contribution in [0.15, 0.2) is 0 Å². The molecule has 5 heteroatoms. The summed E-state index contributed by atoms with van der Waals surface area (Å²) >= 11 is 0. The standard InChI is InChI=1S/C15H29N3O2/c1-14(19)12-16-8-10-17(11-9-16)13-15(20)18-6-4-2-3-5-7-18/h14,19H,2-13H2,1H3. The minimum absolute atomic E-state index is 0.264. The summed E-state index contributed by atoms with van der Waals surface area (Å²) in [6, 6.07) is 0. The van der Waals surface area contributed by atoms with Crippen molar-refractivity contribution in [2.24, 2.45) is 0 Å². The monoisotopic (exact) mass is 283 g/mol. The summed E-state index contributed by atoms with van der Waals surface area (Å²) in [5.74, 6) is 0.302. The van der Waals surface area contributed by atoms with E-state index >= 15 is 0 Å². The molecule has 1 amide bonds. The van der Waals surface area contributed by atoms with E-state index in [0.29, 0.717) is 12.5 Å². The molecule has 0 bridgehead atoms. The van der Waals surface area contributed by atoms with Crippen LogP contribution in [0, 0.1) is 0 Å². The molecular weight excluding hydrogens is 254 g/mol. The Morgan fingerprint density at radius 3 is 2.05 bits per heavy atom. The second kappa shape index (κ2) is 7.96. The van der Waals surface area contributed by atoms with Crippen LogP contribution in [0.25, 0.3) is 0 Å². The number of nitrogens with zero attached hydrogens (tertiary/aromatic N) is 3. The summed E-state index contributed by atoms with van der Waals surface area (Å²) < 4.78 is 0. The molecule has 116 valence electrons. The van der Waals surface area contributed by atoms with Crippen LogP contribution in [0.2, 0.25) is 0 Å². The van der Waals surface area contributed by atoms with E-state index in [1.807, 2.05) is 6.92 Å². The molecule has 1 N–H and O–H groups in total. The summed E-state index contributed by atoms with van der Waals surface area (Å²) in [5, 5.41) is 9.40. The predicted octanol–water partition coefficient (Wildman–Crippen LogP) is 0.387. The third kappa shape index (κ3) is 5.04. The molecule has 0 spiro atoms. The van der Waals surface area contributed by atoms with Gasteiger partial charge in [-0.2, -0.15) is 0 Å². The quantitative estimate of drug-likeness (QED) is 0.811. The van der Waals surface area contributed by atoms with Gasteiger partial charge in [-0.25, -0.2) is 0 Å². The van der Waals surface area contributed by atoms with E-state index in [-0.39, 0.29) is 6.10 Å². The van der Waals surface area contributed by atoms with Gasteiger partial charge in [-0.3, -0.25) is 14.6 Å². The van der Waals surface area contributed by atoms with Gasteiger partial charge in [0.05, 0.1) is 12.6 Å². The largest absolute Gasteiger partial charge is 0.392 e. The minimum atomic E-state index is -0.264. The van der Waals surface area contributed by atoms with Gasteiger partial charge in [-0.15, -0.1) is 0 Å². The Balaban J connectivity index is 1.70. The molecule has 2 saturated heterocycles. The second-order valence-electron chi connectivity index (χ2n) is 6.22. The Hall–Kier alpha value is -0.650. The van der Waals surface area contributed by atoms with Crippen molar-refractivity contribution in [3.63, 3.8) is 0 Å². The molecule has 0 aromatic heterocycles. The number of carbonyl (C=O) groups excluding carboxylic acids is 1. The highest BCUT2D eigenvalue weighted by Gasteiger charge is 2.22. The van der Waals surface area contributed by atoms with E-state index < -0.39 is 0 Å². The zero-order valence-electron chi connectivity index (χ0n) is 12.8. The second-order valence-corrected chi connectivity index (χ2v) is 6.22. The lowest BCUT2D eigenvalue weighted by Gasteiger charge is -2.35. The fraction of sp³-hybridized carbons (Fsp3) is 0.933. The van der Waals surface area contributed by atoms with E-state index in [4.69, 9.17) is 0 Å². The number of aliphatic hydroxyl groups excluding tert-OH is 1. The van der Waals surface area contributed by atoms with E-state index in [9.17, 15) is 9.90 Å². The van der Waals surface area contributed by atoms with Gasteiger partial charge >= 0.3 is 0 Å². The third-order valence-electron chi connectivity index (χ3n) is 4.30. The summed E-state index contributed by atoms with van der Waals surface area (Å²) in [6.07, 6.45) is 4.59. The van der Waals surface area contributed by atoms with Crippen molar-refractivity contribution in [3.8, 4) is 0 Å². The van der Waals surface area contributed by atoms with E-state index in [2.05, 4.69) is 14.7 Å². The Morgan fingerprint density at radius 1 is 0.950 bits per heavy atom. The average molecular weight is 283 g/mol. The van der Waals surface area contributed by atoms with Gasteiger partial charge in [-0.05, 0) is 19.8 Å². The summed E-state index contributed by atoms with van der Waals surface area (Å²) in [6.45, 7) is 8.82. The van der Waals surface area contributed by atoms with Gasteiger partial charge in [0, 0.05) is 45.8 Å². The van der Waals surface area contributed by atoms with Crippen LogP contribution in [0.5, 0.6) is 0 Å². The van der Waals surface area contributed by atoms with Crippen LogP contribution >= 0.6 is 0 Å². The molecule has 2 aliphatic heterocycles. The zero-order valence-corrected chi connectivity index (χ0v) is 12.8. The van der Waals surface area contributed by atoms with Gasteiger partial charge in [0.1, 0.15) is 0 Å². The number of piperazine rings is 1. The number of carbonyl (C=O) groups is 1. The molecule has 20 heavy (non-hydrogen) atoms. The molecule has 0 aromatic carbocycles. The van der Waals surface area contributed by atoms with E-state index in [1.165, 1.54) is 12.8 Å². The maximum atomic E-state index is 12.3. The van der Waals surface area contributed by atoms with Crippen LogP contribution in [0.3, 0.4) is 0 Å². The number of aliphatic hydroxyl groups is 1. The van der Waals surface area contributed by atoms with Crippen molar-refractivity contribution < 1.29 is 9.90 Å². The average Bonchev–Trinajstić information content (AvgIpc) is 2.69. The van der Waals surface area contributed by atoms with Gasteiger partial charge in [0.15, 0.2) is 0 Å². The zero-order chi connectivity index (χ0) is 14.4. The SMILES string of the molecule is CC(O)CN1CCN(CC(=O)N2CCCCCC2)CC1. The molecule has 5 nitrogen and oxygen atoms in total. The molecule has 1 unspecified atom stereocenters. The fourth-order valence-corrected chi connectivity index (χ4v) is 3.12. The van der Waals surface area contributed by atoms with E-state index in [0.717, 1.165) is 58.7 Å². The van der Waals surface area contributed by atoms with Gasteiger partial charge in [0.25, 0.3) is 0 Å². The number of likely N-dealkylation sites (tertiary alicyclic amines) is 1. The number of hydrogen-bond acceptors (Lipinski definition) is 4. The molecule has 0 aromatic rings. The topological polar surface area (TPSA) is 47.0 Å². The van der Waals surface area contributed by atoms with Crippen LogP contribution in [-0.4, -0.2) is 84.2 Å². The molecule has 1 atom stereocenters. The van der Waals surface area contributed by atoms with Crippen molar-refractivity contribution in [1.29, 1.82) is 0 Å². The molecule has 2 heterocycles. The van der Waals surface area contributed by atoms with Crippen molar-refractivity contribution >= 4 is 5.91 Å². The highest BCUT2D eigenvalue weighted by atomic mass is 16.3. The number of amides is 1. The van der Waals surface area contributed by atoms with Crippen molar-refractivity contribution in [1.82, 2.24) is 14.7 Å². The Kier molecular flexibility index (Phi) is 6.26. The number of hydrogen-bond donors (Lipinski definition) is 1. The Morgan fingerprint density at radius 2 is 1.50 bits per heavy atom. The lowest BCUT2D eigenvalue weighted by molar-refractivity contribution is -0.132. The maximum Gasteiger partial charge on any atom is 0.236 e. The molecular formula is C15H29N3O2. The highest BCUT2D eigenvalue weighted by Crippen LogP contribution is 2.11. The fourth-order valence-electron chi connectivity index (χ4n) is 3.12. The first-order valence-corrected chi connectivity index (χ1v) is 8.05. The van der Waals surface area contributed by atoms with E-state index in [1.54, 1.807) is 0 Å². The van der Waals surface area contributed by atoms with Crippen LogP contribution in [-0.2, 0) is 4.79 Å². The van der Waals surface area contributed by atoms with Gasteiger partial charge < -0.3 is 10.0 Å². The molecule has 0 saturated carbocycles. The first kappa shape index (κ1) is 15.7. The minimum Gasteiger partial charge on any atom is -0.392 e. The Labute approximate surface area is 122 Å². The van der Waals surface area contributed by atoms with Crippen molar-refractivity contribution in [3.05, 3.63) is 0 Å². The highest BCUT2D eigenvalue weighted by molar-refractivity contribution is 5.78. The maximum absolute atomic E-state index is 12.3. The predicted molar refractivity (Wildman–Crippen MR) is 79.6 cm³/mol. The number of rotatable bonds is 4. The lowest BCUT2D eigenvalue weighted by Crippen LogP contribution is -2.51. The smallest absolute Gasteiger partial charge is 0.236 e. The summed E-state index contributed by atoms with van der Waals surface area (Å²) in [5.41, 5.74) is 0. The number of β-amino-alcohol motifs (C(OH)–C–C–N with tert-alkyl or cyclic N) is 1. The van der Waals surface area contributed by atoms with Crippen LogP contribution in [0.1, 0.15) is 32.6 Å². The van der Waals surface area contributed by atoms with Crippen molar-refractivity contribution in [2.45, 2.75) is 38.7 Å². The molecule has 2 rings (SSSR count). The summed E-state index contributed by atoms with van der Waals surface area (Å²) in [4.78, 5) is 18.9. The first-order valence-electron chi connectivity index (χ1n) is 8.05. The third-order valence-corrected chi connectivity index (χ3v) is 4.30. The van der Waals surface area contributed by atoms with Crippen LogP contribution < -0.4 is 0 Å². The normalized spacial score (nSPS) is 24.4. The Bertz CT molecular complexity index is 293. The lowest BCUT2D eigenvalue weighted by atomic mass is 10.2. The molecule has 2 fully saturated rings. The van der Waals surface area contributed by atoms with Crippen molar-refractivity contribution in [2.75, 3.05) is 52.4 Å². The summed E-state index contributed by atoms with van der Waals surface area (Å²) in [7, 11) is 0. The first-order chi connectivity index (χ1) is 9.65. The molecule has 0 radical (unpaired) electrons. The van der Waals surface area contributed by atoms with Gasteiger partial charge in [0.2, 0.25) is 5.91 Å². The van der Waals surface area contributed by atoms with Gasteiger partial charge in [-0.1, -0.05) is 12.8 Å². The molecule has 0 aliphatic carbocycles. The molecule has 2 aliphatic rings.